The molecule has 0 bridgehead atoms. The fraction of sp³-hybridized carbons (Fsp3) is 0.333. The average Bonchev–Trinajstić information content (AvgIpc) is 3.08. The Morgan fingerprint density at radius 2 is 1.79 bits per heavy atom. The molecule has 2 aromatic carbocycles. The number of carbonyl (C=O) groups excluding carboxylic acids is 2. The molecule has 1 atom stereocenters. The van der Waals surface area contributed by atoms with Crippen LogP contribution < -0.4 is 0 Å². The largest absolute Gasteiger partial charge is 0.458 e. The van der Waals surface area contributed by atoms with Gasteiger partial charge in [-0.05, 0) is 38.0 Å². The summed E-state index contributed by atoms with van der Waals surface area (Å²) in [5.74, 6) is -0.370. The van der Waals surface area contributed by atoms with Crippen molar-refractivity contribution in [2.75, 3.05) is 0 Å². The van der Waals surface area contributed by atoms with Gasteiger partial charge in [-0.3, -0.25) is 4.79 Å². The van der Waals surface area contributed by atoms with E-state index in [-0.39, 0.29) is 18.3 Å². The molecule has 0 saturated carbocycles. The SMILES string of the molecule is CC(C)(C)OC(=O)[C@]1(Cc2c[nH]c3ccccc23)CC(=O)N1Cc1ccccc1. The summed E-state index contributed by atoms with van der Waals surface area (Å²) < 4.78 is 5.78. The summed E-state index contributed by atoms with van der Waals surface area (Å²) in [7, 11) is 0. The lowest BCUT2D eigenvalue weighted by Crippen LogP contribution is -2.69. The van der Waals surface area contributed by atoms with E-state index in [2.05, 4.69) is 4.98 Å². The monoisotopic (exact) mass is 390 g/mol. The van der Waals surface area contributed by atoms with Gasteiger partial charge in [0.25, 0.3) is 0 Å². The highest BCUT2D eigenvalue weighted by atomic mass is 16.6. The van der Waals surface area contributed by atoms with E-state index in [0.29, 0.717) is 13.0 Å². The number of aromatic nitrogens is 1. The number of rotatable bonds is 5. The Kier molecular flexibility index (Phi) is 4.69. The standard InChI is InChI=1S/C24H26N2O3/c1-23(2,3)29-22(28)24(13-18-15-25-20-12-8-7-11-19(18)20)14-21(27)26(24)16-17-9-5-4-6-10-17/h4-12,15,25H,13-14,16H2,1-3H3/t24-/m0/s1. The van der Waals surface area contributed by atoms with E-state index < -0.39 is 11.1 Å². The van der Waals surface area contributed by atoms with Crippen LogP contribution in [0.3, 0.4) is 0 Å². The van der Waals surface area contributed by atoms with Crippen molar-refractivity contribution in [3.8, 4) is 0 Å². The molecule has 0 spiro atoms. The molecule has 150 valence electrons. The fourth-order valence-electron chi connectivity index (χ4n) is 3.97. The maximum Gasteiger partial charge on any atom is 0.333 e. The summed E-state index contributed by atoms with van der Waals surface area (Å²) in [6.45, 7) is 5.95. The molecule has 2 heterocycles. The molecule has 29 heavy (non-hydrogen) atoms. The van der Waals surface area contributed by atoms with E-state index >= 15 is 0 Å². The van der Waals surface area contributed by atoms with E-state index in [1.807, 2.05) is 81.6 Å². The zero-order chi connectivity index (χ0) is 20.6. The first kappa shape index (κ1) is 19.2. The van der Waals surface area contributed by atoms with Gasteiger partial charge in [0.05, 0.1) is 6.42 Å². The predicted molar refractivity (Wildman–Crippen MR) is 112 cm³/mol. The van der Waals surface area contributed by atoms with Gasteiger partial charge < -0.3 is 14.6 Å². The first-order chi connectivity index (χ1) is 13.8. The number of H-pyrrole nitrogens is 1. The molecule has 1 N–H and O–H groups in total. The van der Waals surface area contributed by atoms with Crippen molar-refractivity contribution in [1.29, 1.82) is 0 Å². The number of amides is 1. The Bertz CT molecular complexity index is 1050. The number of esters is 1. The quantitative estimate of drug-likeness (QED) is 0.524. The number of nitrogens with zero attached hydrogens (tertiary/aromatic N) is 1. The third-order valence-corrected chi connectivity index (χ3v) is 5.38. The van der Waals surface area contributed by atoms with Crippen LogP contribution in [0.2, 0.25) is 0 Å². The molecule has 1 aliphatic rings. The molecular weight excluding hydrogens is 364 g/mol. The molecule has 5 heteroatoms. The predicted octanol–water partition coefficient (Wildman–Crippen LogP) is 4.22. The van der Waals surface area contributed by atoms with Gasteiger partial charge in [0.2, 0.25) is 5.91 Å². The third-order valence-electron chi connectivity index (χ3n) is 5.38. The smallest absolute Gasteiger partial charge is 0.333 e. The number of hydrogen-bond acceptors (Lipinski definition) is 3. The number of aromatic amines is 1. The van der Waals surface area contributed by atoms with Gasteiger partial charge >= 0.3 is 5.97 Å². The number of para-hydroxylation sites is 1. The van der Waals surface area contributed by atoms with Crippen LogP contribution in [0.25, 0.3) is 10.9 Å². The van der Waals surface area contributed by atoms with Gasteiger partial charge in [0.1, 0.15) is 5.60 Å². The lowest BCUT2D eigenvalue weighted by molar-refractivity contribution is -0.188. The van der Waals surface area contributed by atoms with Crippen molar-refractivity contribution in [2.45, 2.75) is 51.3 Å². The van der Waals surface area contributed by atoms with E-state index in [4.69, 9.17) is 4.74 Å². The van der Waals surface area contributed by atoms with Crippen LogP contribution in [0.15, 0.2) is 60.8 Å². The number of likely N-dealkylation sites (tertiary alicyclic amines) is 1. The molecule has 3 aromatic rings. The van der Waals surface area contributed by atoms with Gasteiger partial charge in [-0.25, -0.2) is 4.79 Å². The number of β-lactam (4-membered cyclic amide) rings is 1. The average molecular weight is 390 g/mol. The van der Waals surface area contributed by atoms with Gasteiger partial charge in [-0.1, -0.05) is 48.5 Å². The second-order valence-electron chi connectivity index (χ2n) is 8.71. The first-order valence-electron chi connectivity index (χ1n) is 9.91. The van der Waals surface area contributed by atoms with Crippen molar-refractivity contribution in [3.63, 3.8) is 0 Å². The lowest BCUT2D eigenvalue weighted by atomic mass is 9.77. The third kappa shape index (κ3) is 3.65. The molecule has 1 aromatic heterocycles. The van der Waals surface area contributed by atoms with Crippen LogP contribution in [0.1, 0.15) is 38.3 Å². The van der Waals surface area contributed by atoms with Crippen LogP contribution in [0.5, 0.6) is 0 Å². The van der Waals surface area contributed by atoms with E-state index in [0.717, 1.165) is 22.0 Å². The van der Waals surface area contributed by atoms with Crippen LogP contribution in [0, 0.1) is 0 Å². The van der Waals surface area contributed by atoms with E-state index in [9.17, 15) is 9.59 Å². The Hall–Kier alpha value is -3.08. The summed E-state index contributed by atoms with van der Waals surface area (Å²) in [5, 5.41) is 1.06. The summed E-state index contributed by atoms with van der Waals surface area (Å²) >= 11 is 0. The van der Waals surface area contributed by atoms with E-state index in [1.165, 1.54) is 0 Å². The minimum Gasteiger partial charge on any atom is -0.458 e. The number of ether oxygens (including phenoxy) is 1. The molecule has 4 rings (SSSR count). The van der Waals surface area contributed by atoms with Crippen LogP contribution in [-0.2, 0) is 27.3 Å². The van der Waals surface area contributed by atoms with Gasteiger partial charge in [-0.2, -0.15) is 0 Å². The summed E-state index contributed by atoms with van der Waals surface area (Å²) in [6.07, 6.45) is 2.51. The van der Waals surface area contributed by atoms with Crippen molar-refractivity contribution in [1.82, 2.24) is 9.88 Å². The normalized spacial score (nSPS) is 19.3. The molecule has 1 saturated heterocycles. The van der Waals surface area contributed by atoms with Crippen molar-refractivity contribution in [3.05, 3.63) is 71.9 Å². The van der Waals surface area contributed by atoms with Gasteiger partial charge in [0.15, 0.2) is 5.54 Å². The Morgan fingerprint density at radius 3 is 2.48 bits per heavy atom. The maximum absolute atomic E-state index is 13.3. The number of nitrogens with one attached hydrogen (secondary N) is 1. The topological polar surface area (TPSA) is 62.4 Å². The summed E-state index contributed by atoms with van der Waals surface area (Å²) in [4.78, 5) is 30.9. The number of benzene rings is 2. The van der Waals surface area contributed by atoms with Gasteiger partial charge in [0, 0.05) is 30.1 Å². The maximum atomic E-state index is 13.3. The highest BCUT2D eigenvalue weighted by Crippen LogP contribution is 2.40. The molecule has 1 fully saturated rings. The van der Waals surface area contributed by atoms with Gasteiger partial charge in [-0.15, -0.1) is 0 Å². The van der Waals surface area contributed by atoms with Crippen LogP contribution in [-0.4, -0.2) is 32.9 Å². The minimum absolute atomic E-state index is 0.0282. The Labute approximate surface area is 170 Å². The molecular formula is C24H26N2O3. The summed E-state index contributed by atoms with van der Waals surface area (Å²) in [5.41, 5.74) is 1.40. The Balaban J connectivity index is 1.71. The highest BCUT2D eigenvalue weighted by Gasteiger charge is 2.58. The molecule has 1 aliphatic heterocycles. The van der Waals surface area contributed by atoms with Crippen molar-refractivity contribution in [2.24, 2.45) is 0 Å². The number of fused-ring (bicyclic) bond motifs is 1. The van der Waals surface area contributed by atoms with Crippen LogP contribution in [0.4, 0.5) is 0 Å². The molecule has 0 aliphatic carbocycles. The summed E-state index contributed by atoms with van der Waals surface area (Å²) in [6, 6.07) is 17.7. The first-order valence-corrected chi connectivity index (χ1v) is 9.91. The zero-order valence-electron chi connectivity index (χ0n) is 17.1. The number of carbonyl (C=O) groups is 2. The molecule has 5 nitrogen and oxygen atoms in total. The zero-order valence-corrected chi connectivity index (χ0v) is 17.1. The van der Waals surface area contributed by atoms with Crippen molar-refractivity contribution >= 4 is 22.8 Å². The second-order valence-corrected chi connectivity index (χ2v) is 8.71. The number of hydrogen-bond donors (Lipinski definition) is 1. The minimum atomic E-state index is -0.995. The second kappa shape index (κ2) is 7.07. The highest BCUT2D eigenvalue weighted by molar-refractivity contribution is 6.00. The Morgan fingerprint density at radius 1 is 1.10 bits per heavy atom. The van der Waals surface area contributed by atoms with Crippen LogP contribution >= 0.6 is 0 Å². The molecule has 1 amide bonds. The lowest BCUT2D eigenvalue weighted by Gasteiger charge is -2.50. The molecule has 0 unspecified atom stereocenters. The molecule has 0 radical (unpaired) electrons. The fourth-order valence-corrected chi connectivity index (χ4v) is 3.97. The van der Waals surface area contributed by atoms with E-state index in [1.54, 1.807) is 4.90 Å². The van der Waals surface area contributed by atoms with Crippen molar-refractivity contribution < 1.29 is 14.3 Å².